The van der Waals surface area contributed by atoms with E-state index in [4.69, 9.17) is 14.2 Å². The number of carbonyl (C=O) groups is 2. The number of methoxy groups -OCH3 is 1. The zero-order chi connectivity index (χ0) is 23.8. The fraction of sp³-hybridized carbons (Fsp3) is 0.385. The standard InChI is InChI=1S/C26H32N2O5/c1-5-7-13-20-22(25(29)32-6-2)23(28-26(30)27-20)19-12-9-14-21(31-4)24(19)33-16-18-11-8-10-17(3)15-18/h8-12,14-15,23H,5-7,13,16H2,1-4H3,(H2,27,28,30). The van der Waals surface area contributed by atoms with Crippen molar-refractivity contribution in [3.8, 4) is 11.5 Å². The molecule has 0 saturated carbocycles. The summed E-state index contributed by atoms with van der Waals surface area (Å²) in [4.78, 5) is 25.5. The average Bonchev–Trinajstić information content (AvgIpc) is 2.80. The van der Waals surface area contributed by atoms with Gasteiger partial charge in [-0.05, 0) is 38.3 Å². The molecular formula is C26H32N2O5. The van der Waals surface area contributed by atoms with Crippen LogP contribution >= 0.6 is 0 Å². The third-order valence-corrected chi connectivity index (χ3v) is 5.44. The Labute approximate surface area is 195 Å². The van der Waals surface area contributed by atoms with Gasteiger partial charge in [-0.2, -0.15) is 0 Å². The first-order valence-corrected chi connectivity index (χ1v) is 11.3. The predicted molar refractivity (Wildman–Crippen MR) is 126 cm³/mol. The van der Waals surface area contributed by atoms with Crippen LogP contribution in [0.4, 0.5) is 4.79 Å². The molecule has 2 amide bonds. The minimum atomic E-state index is -0.729. The van der Waals surface area contributed by atoms with E-state index >= 15 is 0 Å². The lowest BCUT2D eigenvalue weighted by atomic mass is 9.92. The highest BCUT2D eigenvalue weighted by atomic mass is 16.5. The van der Waals surface area contributed by atoms with E-state index < -0.39 is 12.0 Å². The van der Waals surface area contributed by atoms with Gasteiger partial charge in [-0.3, -0.25) is 0 Å². The number of nitrogens with one attached hydrogen (secondary N) is 2. The molecule has 0 aromatic heterocycles. The Morgan fingerprint density at radius 3 is 2.61 bits per heavy atom. The van der Waals surface area contributed by atoms with Gasteiger partial charge in [0.25, 0.3) is 0 Å². The van der Waals surface area contributed by atoms with Gasteiger partial charge in [0.1, 0.15) is 6.61 Å². The number of benzene rings is 2. The van der Waals surface area contributed by atoms with Crippen LogP contribution in [0.15, 0.2) is 53.7 Å². The van der Waals surface area contributed by atoms with Crippen molar-refractivity contribution in [2.45, 2.75) is 52.7 Å². The van der Waals surface area contributed by atoms with Crippen LogP contribution in [0.5, 0.6) is 11.5 Å². The number of ether oxygens (including phenoxy) is 3. The van der Waals surface area contributed by atoms with Crippen LogP contribution < -0.4 is 20.1 Å². The van der Waals surface area contributed by atoms with Crippen molar-refractivity contribution in [2.75, 3.05) is 13.7 Å². The van der Waals surface area contributed by atoms with Crippen molar-refractivity contribution >= 4 is 12.0 Å². The number of rotatable bonds is 10. The third kappa shape index (κ3) is 5.86. The Morgan fingerprint density at radius 1 is 1.12 bits per heavy atom. The van der Waals surface area contributed by atoms with Crippen LogP contribution in [0.3, 0.4) is 0 Å². The molecule has 1 aliphatic rings. The summed E-state index contributed by atoms with van der Waals surface area (Å²) in [6, 6.07) is 12.4. The smallest absolute Gasteiger partial charge is 0.338 e. The number of hydrogen-bond donors (Lipinski definition) is 2. The minimum absolute atomic E-state index is 0.235. The van der Waals surface area contributed by atoms with Gasteiger partial charge in [0.05, 0.1) is 25.3 Å². The molecule has 1 atom stereocenters. The van der Waals surface area contributed by atoms with Crippen molar-refractivity contribution in [2.24, 2.45) is 0 Å². The zero-order valence-corrected chi connectivity index (χ0v) is 19.7. The SMILES string of the molecule is CCCCC1=C(C(=O)OCC)C(c2cccc(OC)c2OCc2cccc(C)c2)NC(=O)N1. The van der Waals surface area contributed by atoms with E-state index in [1.54, 1.807) is 20.1 Å². The molecule has 3 rings (SSSR count). The van der Waals surface area contributed by atoms with Gasteiger partial charge in [-0.15, -0.1) is 0 Å². The second-order valence-electron chi connectivity index (χ2n) is 7.90. The summed E-state index contributed by atoms with van der Waals surface area (Å²) in [6.07, 6.45) is 2.33. The molecule has 33 heavy (non-hydrogen) atoms. The lowest BCUT2D eigenvalue weighted by Crippen LogP contribution is -2.46. The first-order chi connectivity index (χ1) is 16.0. The highest BCUT2D eigenvalue weighted by Gasteiger charge is 2.35. The van der Waals surface area contributed by atoms with Gasteiger partial charge in [0.2, 0.25) is 0 Å². The summed E-state index contributed by atoms with van der Waals surface area (Å²) in [5.74, 6) is 0.533. The van der Waals surface area contributed by atoms with Crippen LogP contribution in [-0.2, 0) is 16.1 Å². The zero-order valence-electron chi connectivity index (χ0n) is 19.7. The monoisotopic (exact) mass is 452 g/mol. The fourth-order valence-corrected chi connectivity index (χ4v) is 3.88. The van der Waals surface area contributed by atoms with E-state index in [0.717, 1.165) is 24.0 Å². The Hall–Kier alpha value is -3.48. The number of hydrogen-bond acceptors (Lipinski definition) is 5. The molecule has 2 aromatic rings. The van der Waals surface area contributed by atoms with Crippen LogP contribution in [-0.4, -0.2) is 25.7 Å². The maximum atomic E-state index is 13.0. The number of aryl methyl sites for hydroxylation is 1. The van der Waals surface area contributed by atoms with Gasteiger partial charge in [0.15, 0.2) is 11.5 Å². The minimum Gasteiger partial charge on any atom is -0.493 e. The van der Waals surface area contributed by atoms with Crippen molar-refractivity contribution in [3.05, 3.63) is 70.4 Å². The summed E-state index contributed by atoms with van der Waals surface area (Å²) in [5, 5.41) is 5.69. The maximum Gasteiger partial charge on any atom is 0.338 e. The molecule has 1 unspecified atom stereocenters. The number of carbonyl (C=O) groups excluding carboxylic acids is 2. The number of unbranched alkanes of at least 4 members (excludes halogenated alkanes) is 1. The summed E-state index contributed by atoms with van der Waals surface area (Å²) in [5.41, 5.74) is 3.74. The topological polar surface area (TPSA) is 85.9 Å². The van der Waals surface area contributed by atoms with Crippen LogP contribution in [0.1, 0.15) is 55.8 Å². The summed E-state index contributed by atoms with van der Waals surface area (Å²) in [6.45, 7) is 6.39. The largest absolute Gasteiger partial charge is 0.493 e. The van der Waals surface area contributed by atoms with E-state index in [1.807, 2.05) is 43.3 Å². The molecule has 0 radical (unpaired) electrons. The Balaban J connectivity index is 2.06. The number of allylic oxidation sites excluding steroid dienone is 1. The van der Waals surface area contributed by atoms with Crippen LogP contribution in [0.25, 0.3) is 0 Å². The van der Waals surface area contributed by atoms with Gasteiger partial charge >= 0.3 is 12.0 Å². The highest BCUT2D eigenvalue weighted by molar-refractivity contribution is 5.95. The van der Waals surface area contributed by atoms with Gasteiger partial charge in [-0.25, -0.2) is 9.59 Å². The van der Waals surface area contributed by atoms with E-state index in [1.165, 1.54) is 0 Å². The van der Waals surface area contributed by atoms with E-state index in [-0.39, 0.29) is 12.6 Å². The first-order valence-electron chi connectivity index (χ1n) is 11.3. The second kappa shape index (κ2) is 11.4. The van der Waals surface area contributed by atoms with E-state index in [0.29, 0.717) is 41.4 Å². The molecule has 7 nitrogen and oxygen atoms in total. The Kier molecular flexibility index (Phi) is 8.35. The fourth-order valence-electron chi connectivity index (χ4n) is 3.88. The van der Waals surface area contributed by atoms with Crippen LogP contribution in [0.2, 0.25) is 0 Å². The molecule has 7 heteroatoms. The van der Waals surface area contributed by atoms with Crippen molar-refractivity contribution in [1.29, 1.82) is 0 Å². The molecule has 2 aromatic carbocycles. The molecular weight excluding hydrogens is 420 g/mol. The predicted octanol–water partition coefficient (Wildman–Crippen LogP) is 4.94. The van der Waals surface area contributed by atoms with Crippen molar-refractivity contribution in [3.63, 3.8) is 0 Å². The quantitative estimate of drug-likeness (QED) is 0.499. The van der Waals surface area contributed by atoms with E-state index in [2.05, 4.69) is 17.6 Å². The maximum absolute atomic E-state index is 13.0. The number of amides is 2. The number of para-hydroxylation sites is 1. The molecule has 2 N–H and O–H groups in total. The third-order valence-electron chi connectivity index (χ3n) is 5.44. The molecule has 1 heterocycles. The molecule has 176 valence electrons. The van der Waals surface area contributed by atoms with Crippen molar-refractivity contribution < 1.29 is 23.8 Å². The molecule has 0 bridgehead atoms. The number of esters is 1. The lowest BCUT2D eigenvalue weighted by molar-refractivity contribution is -0.139. The van der Waals surface area contributed by atoms with Gasteiger partial charge < -0.3 is 24.8 Å². The molecule has 0 aliphatic carbocycles. The van der Waals surface area contributed by atoms with Gasteiger partial charge in [-0.1, -0.05) is 55.3 Å². The Morgan fingerprint density at radius 2 is 1.91 bits per heavy atom. The number of urea groups is 1. The highest BCUT2D eigenvalue weighted by Crippen LogP contribution is 2.40. The molecule has 0 fully saturated rings. The lowest BCUT2D eigenvalue weighted by Gasteiger charge is -2.30. The second-order valence-corrected chi connectivity index (χ2v) is 7.90. The molecule has 0 spiro atoms. The first kappa shape index (κ1) is 24.2. The Bertz CT molecular complexity index is 1030. The van der Waals surface area contributed by atoms with E-state index in [9.17, 15) is 9.59 Å². The van der Waals surface area contributed by atoms with Gasteiger partial charge in [0, 0.05) is 11.3 Å². The average molecular weight is 453 g/mol. The summed E-state index contributed by atoms with van der Waals surface area (Å²) >= 11 is 0. The molecule has 0 saturated heterocycles. The normalized spacial score (nSPS) is 15.5. The molecule has 1 aliphatic heterocycles. The summed E-state index contributed by atoms with van der Waals surface area (Å²) < 4.78 is 17.1. The van der Waals surface area contributed by atoms with Crippen LogP contribution in [0, 0.1) is 6.92 Å². The van der Waals surface area contributed by atoms with Crippen molar-refractivity contribution in [1.82, 2.24) is 10.6 Å². The summed E-state index contributed by atoms with van der Waals surface area (Å²) in [7, 11) is 1.56.